The van der Waals surface area contributed by atoms with E-state index >= 15 is 0 Å². The van der Waals surface area contributed by atoms with Gasteiger partial charge in [0.05, 0.1) is 0 Å². The number of aromatic nitrogens is 1. The van der Waals surface area contributed by atoms with Gasteiger partial charge >= 0.3 is 5.91 Å². The second kappa shape index (κ2) is 6.66. The van der Waals surface area contributed by atoms with Crippen molar-refractivity contribution in [3.05, 3.63) is 90.8 Å². The number of amides is 1. The van der Waals surface area contributed by atoms with E-state index in [1.165, 1.54) is 17.2 Å². The first-order valence-electron chi connectivity index (χ1n) is 7.17. The summed E-state index contributed by atoms with van der Waals surface area (Å²) in [6.07, 6.45) is 1.50. The number of para-hydroxylation sites is 2. The number of ketones is 1. The number of anilines is 2. The lowest BCUT2D eigenvalue weighted by Gasteiger charge is -2.22. The fraction of sp³-hybridized carbons (Fsp3) is 0. The normalized spacial score (nSPS) is 10.1. The fourth-order valence-electron chi connectivity index (χ4n) is 2.25. The molecule has 0 saturated carbocycles. The lowest BCUT2D eigenvalue weighted by Crippen LogP contribution is -2.33. The van der Waals surface area contributed by atoms with Gasteiger partial charge in [-0.05, 0) is 36.4 Å². The van der Waals surface area contributed by atoms with E-state index in [1.54, 1.807) is 36.4 Å². The molecule has 1 heterocycles. The maximum Gasteiger partial charge on any atom is 0.305 e. The summed E-state index contributed by atoms with van der Waals surface area (Å²) in [6.45, 7) is 0. The number of Topliss-reactive ketones (excluding diaryl/α,β-unsaturated/α-hetero) is 1. The Kier molecular flexibility index (Phi) is 4.25. The topological polar surface area (TPSA) is 50.3 Å². The summed E-state index contributed by atoms with van der Waals surface area (Å²) in [4.78, 5) is 30.6. The van der Waals surface area contributed by atoms with Gasteiger partial charge in [0.25, 0.3) is 5.78 Å². The second-order valence-corrected chi connectivity index (χ2v) is 4.86. The van der Waals surface area contributed by atoms with E-state index in [4.69, 9.17) is 0 Å². The first-order valence-corrected chi connectivity index (χ1v) is 7.17. The molecule has 0 spiro atoms. The van der Waals surface area contributed by atoms with Crippen LogP contribution >= 0.6 is 0 Å². The molecule has 0 N–H and O–H groups in total. The molecule has 0 aliphatic carbocycles. The Balaban J connectivity index is 2.02. The molecule has 4 nitrogen and oxygen atoms in total. The number of rotatable bonds is 4. The van der Waals surface area contributed by atoms with Crippen molar-refractivity contribution in [3.63, 3.8) is 0 Å². The smallest absolute Gasteiger partial charge is 0.281 e. The van der Waals surface area contributed by atoms with Crippen LogP contribution in [0.4, 0.5) is 11.4 Å². The Morgan fingerprint density at radius 2 is 1.22 bits per heavy atom. The third-order valence-electron chi connectivity index (χ3n) is 3.32. The average molecular weight is 302 g/mol. The summed E-state index contributed by atoms with van der Waals surface area (Å²) in [5, 5.41) is 0. The molecule has 0 radical (unpaired) electrons. The number of pyridine rings is 1. The van der Waals surface area contributed by atoms with Gasteiger partial charge < -0.3 is 0 Å². The molecule has 0 bridgehead atoms. The van der Waals surface area contributed by atoms with Crippen molar-refractivity contribution in [2.24, 2.45) is 0 Å². The molecular formula is C19H14N2O2. The van der Waals surface area contributed by atoms with Crippen LogP contribution in [0, 0.1) is 0 Å². The lowest BCUT2D eigenvalue weighted by atomic mass is 10.1. The van der Waals surface area contributed by atoms with Gasteiger partial charge in [-0.2, -0.15) is 0 Å². The molecule has 0 fully saturated rings. The molecule has 2 aromatic carbocycles. The zero-order chi connectivity index (χ0) is 16.1. The molecule has 0 aliphatic rings. The number of benzene rings is 2. The summed E-state index contributed by atoms with van der Waals surface area (Å²) in [5.74, 6) is -1.28. The van der Waals surface area contributed by atoms with Gasteiger partial charge in [0.2, 0.25) is 0 Å². The highest BCUT2D eigenvalue weighted by Gasteiger charge is 2.26. The van der Waals surface area contributed by atoms with Crippen LogP contribution in [0.1, 0.15) is 10.5 Å². The van der Waals surface area contributed by atoms with E-state index in [-0.39, 0.29) is 5.69 Å². The van der Waals surface area contributed by atoms with Gasteiger partial charge in [-0.15, -0.1) is 0 Å². The van der Waals surface area contributed by atoms with Gasteiger partial charge in [-0.25, -0.2) is 0 Å². The summed E-state index contributed by atoms with van der Waals surface area (Å²) in [7, 11) is 0. The van der Waals surface area contributed by atoms with Crippen molar-refractivity contribution in [1.82, 2.24) is 4.98 Å². The molecule has 4 heteroatoms. The van der Waals surface area contributed by atoms with E-state index in [0.29, 0.717) is 11.4 Å². The molecule has 23 heavy (non-hydrogen) atoms. The molecule has 0 atom stereocenters. The van der Waals surface area contributed by atoms with E-state index in [2.05, 4.69) is 4.98 Å². The summed E-state index contributed by atoms with van der Waals surface area (Å²) in [6, 6.07) is 23.1. The highest BCUT2D eigenvalue weighted by atomic mass is 16.2. The molecule has 1 amide bonds. The minimum atomic E-state index is -0.640. The van der Waals surface area contributed by atoms with Crippen molar-refractivity contribution in [2.45, 2.75) is 0 Å². The summed E-state index contributed by atoms with van der Waals surface area (Å²) < 4.78 is 0. The Labute approximate surface area is 134 Å². The largest absolute Gasteiger partial charge is 0.305 e. The Morgan fingerprint density at radius 1 is 0.696 bits per heavy atom. The molecular weight excluding hydrogens is 288 g/mol. The zero-order valence-electron chi connectivity index (χ0n) is 12.3. The molecule has 1 aromatic heterocycles. The highest BCUT2D eigenvalue weighted by Crippen LogP contribution is 2.25. The minimum Gasteiger partial charge on any atom is -0.281 e. The van der Waals surface area contributed by atoms with E-state index in [0.717, 1.165) is 0 Å². The third-order valence-corrected chi connectivity index (χ3v) is 3.32. The third kappa shape index (κ3) is 3.16. The van der Waals surface area contributed by atoms with E-state index in [1.807, 2.05) is 36.4 Å². The van der Waals surface area contributed by atoms with E-state index < -0.39 is 11.7 Å². The van der Waals surface area contributed by atoms with Crippen LogP contribution in [0.15, 0.2) is 85.1 Å². The van der Waals surface area contributed by atoms with Crippen molar-refractivity contribution < 1.29 is 9.59 Å². The number of hydrogen-bond acceptors (Lipinski definition) is 3. The van der Waals surface area contributed by atoms with E-state index in [9.17, 15) is 9.59 Å². The van der Waals surface area contributed by atoms with Crippen LogP contribution in [0.2, 0.25) is 0 Å². The van der Waals surface area contributed by atoms with Gasteiger partial charge in [0.15, 0.2) is 0 Å². The van der Waals surface area contributed by atoms with Crippen LogP contribution in [0.25, 0.3) is 0 Å². The lowest BCUT2D eigenvalue weighted by molar-refractivity contribution is -0.114. The quantitative estimate of drug-likeness (QED) is 0.546. The fourth-order valence-corrected chi connectivity index (χ4v) is 2.25. The van der Waals surface area contributed by atoms with Gasteiger partial charge in [0, 0.05) is 17.6 Å². The average Bonchev–Trinajstić information content (AvgIpc) is 2.64. The van der Waals surface area contributed by atoms with Gasteiger partial charge in [-0.1, -0.05) is 42.5 Å². The van der Waals surface area contributed by atoms with Crippen molar-refractivity contribution >= 4 is 23.1 Å². The Bertz CT molecular complexity index is 763. The maximum absolute atomic E-state index is 12.8. The molecule has 0 unspecified atom stereocenters. The molecule has 0 saturated heterocycles. The Hall–Kier alpha value is -3.27. The number of carbonyl (C=O) groups excluding carboxylic acids is 2. The molecule has 3 aromatic rings. The highest BCUT2D eigenvalue weighted by molar-refractivity contribution is 6.47. The summed E-state index contributed by atoms with van der Waals surface area (Å²) in [5.41, 5.74) is 1.40. The number of carbonyl (C=O) groups is 2. The van der Waals surface area contributed by atoms with Crippen LogP contribution in [0.3, 0.4) is 0 Å². The predicted molar refractivity (Wildman–Crippen MR) is 88.6 cm³/mol. The SMILES string of the molecule is O=C(C(=O)N(c1ccccc1)c1ccccc1)c1ccccn1. The van der Waals surface area contributed by atoms with Gasteiger partial charge in [0.1, 0.15) is 5.69 Å². The van der Waals surface area contributed by atoms with Crippen molar-refractivity contribution in [3.8, 4) is 0 Å². The predicted octanol–water partition coefficient (Wildman–Crippen LogP) is 3.63. The molecule has 3 rings (SSSR count). The summed E-state index contributed by atoms with van der Waals surface area (Å²) >= 11 is 0. The van der Waals surface area contributed by atoms with Crippen LogP contribution in [0.5, 0.6) is 0 Å². The first kappa shape index (κ1) is 14.7. The molecule has 0 aliphatic heterocycles. The van der Waals surface area contributed by atoms with Crippen molar-refractivity contribution in [1.29, 1.82) is 0 Å². The van der Waals surface area contributed by atoms with Crippen LogP contribution in [-0.2, 0) is 4.79 Å². The minimum absolute atomic E-state index is 0.134. The molecule has 112 valence electrons. The van der Waals surface area contributed by atoms with Crippen molar-refractivity contribution in [2.75, 3.05) is 4.90 Å². The van der Waals surface area contributed by atoms with Crippen LogP contribution < -0.4 is 4.90 Å². The Morgan fingerprint density at radius 3 is 1.70 bits per heavy atom. The number of nitrogens with zero attached hydrogens (tertiary/aromatic N) is 2. The number of hydrogen-bond donors (Lipinski definition) is 0. The maximum atomic E-state index is 12.8. The monoisotopic (exact) mass is 302 g/mol. The standard InChI is InChI=1S/C19H14N2O2/c22-18(17-13-7-8-14-20-17)19(23)21(15-9-3-1-4-10-15)16-11-5-2-6-12-16/h1-14H. The van der Waals surface area contributed by atoms with Crippen LogP contribution in [-0.4, -0.2) is 16.7 Å². The first-order chi connectivity index (χ1) is 11.3. The second-order valence-electron chi connectivity index (χ2n) is 4.86. The zero-order valence-corrected chi connectivity index (χ0v) is 12.3. The van der Waals surface area contributed by atoms with Gasteiger partial charge in [-0.3, -0.25) is 19.5 Å².